The van der Waals surface area contributed by atoms with E-state index in [1.165, 1.54) is 4.31 Å². The van der Waals surface area contributed by atoms with Crippen LogP contribution in [0.1, 0.15) is 26.2 Å². The number of carbonyl (C=O) groups excluding carboxylic acids is 1. The number of sulfonamides is 1. The maximum atomic E-state index is 13.1. The van der Waals surface area contributed by atoms with Crippen molar-refractivity contribution in [1.29, 1.82) is 0 Å². The van der Waals surface area contributed by atoms with Crippen LogP contribution in [0.5, 0.6) is 0 Å². The van der Waals surface area contributed by atoms with E-state index in [0.717, 1.165) is 23.9 Å². The molecular formula is C21H24N4O3S. The zero-order valence-corrected chi connectivity index (χ0v) is 17.1. The number of imidazole rings is 1. The van der Waals surface area contributed by atoms with Crippen molar-refractivity contribution in [1.82, 2.24) is 13.9 Å². The first-order valence-corrected chi connectivity index (χ1v) is 11.3. The lowest BCUT2D eigenvalue weighted by atomic mass is 10.0. The molecule has 7 nitrogen and oxygen atoms in total. The summed E-state index contributed by atoms with van der Waals surface area (Å²) in [5.74, 6) is 0.107. The molecule has 0 aliphatic carbocycles. The smallest absolute Gasteiger partial charge is 0.245 e. The van der Waals surface area contributed by atoms with Crippen LogP contribution >= 0.6 is 0 Å². The molecule has 152 valence electrons. The molecular weight excluding hydrogens is 388 g/mol. The van der Waals surface area contributed by atoms with Crippen LogP contribution in [0.4, 0.5) is 5.95 Å². The van der Waals surface area contributed by atoms with Crippen LogP contribution in [0.3, 0.4) is 0 Å². The monoisotopic (exact) mass is 412 g/mol. The molecule has 1 saturated heterocycles. The van der Waals surface area contributed by atoms with Crippen LogP contribution < -0.4 is 5.32 Å². The molecule has 3 aromatic rings. The minimum atomic E-state index is -3.74. The molecule has 0 spiro atoms. The Labute approximate surface area is 170 Å². The predicted molar refractivity (Wildman–Crippen MR) is 112 cm³/mol. The number of para-hydroxylation sites is 2. The van der Waals surface area contributed by atoms with E-state index in [1.54, 1.807) is 30.3 Å². The Bertz CT molecular complexity index is 1130. The topological polar surface area (TPSA) is 84.3 Å². The van der Waals surface area contributed by atoms with Gasteiger partial charge in [-0.1, -0.05) is 36.8 Å². The highest BCUT2D eigenvalue weighted by atomic mass is 32.2. The van der Waals surface area contributed by atoms with E-state index < -0.39 is 16.1 Å². The van der Waals surface area contributed by atoms with Gasteiger partial charge in [0.25, 0.3) is 0 Å². The van der Waals surface area contributed by atoms with Gasteiger partial charge in [0.15, 0.2) is 0 Å². The molecule has 0 saturated carbocycles. The van der Waals surface area contributed by atoms with Crippen molar-refractivity contribution in [2.45, 2.75) is 43.7 Å². The summed E-state index contributed by atoms with van der Waals surface area (Å²) in [6.07, 6.45) is 2.04. The molecule has 1 atom stereocenters. The highest BCUT2D eigenvalue weighted by molar-refractivity contribution is 7.89. The Morgan fingerprint density at radius 2 is 1.83 bits per heavy atom. The van der Waals surface area contributed by atoms with Gasteiger partial charge >= 0.3 is 0 Å². The minimum Gasteiger partial charge on any atom is -0.310 e. The van der Waals surface area contributed by atoms with E-state index in [-0.39, 0.29) is 10.8 Å². The second-order valence-corrected chi connectivity index (χ2v) is 8.99. The van der Waals surface area contributed by atoms with Crippen LogP contribution in [0.2, 0.25) is 0 Å². The fourth-order valence-corrected chi connectivity index (χ4v) is 5.54. The van der Waals surface area contributed by atoms with Crippen LogP contribution in [0.15, 0.2) is 59.5 Å². The van der Waals surface area contributed by atoms with Gasteiger partial charge in [-0.3, -0.25) is 10.1 Å². The number of amides is 1. The number of aryl methyl sites for hydroxylation is 1. The van der Waals surface area contributed by atoms with Crippen LogP contribution in [0.25, 0.3) is 11.0 Å². The van der Waals surface area contributed by atoms with Gasteiger partial charge in [0.2, 0.25) is 21.9 Å². The van der Waals surface area contributed by atoms with Gasteiger partial charge in [-0.2, -0.15) is 4.31 Å². The van der Waals surface area contributed by atoms with Crippen LogP contribution in [-0.2, 0) is 21.4 Å². The number of rotatable bonds is 5. The van der Waals surface area contributed by atoms with E-state index in [1.807, 2.05) is 35.8 Å². The maximum Gasteiger partial charge on any atom is 0.245 e. The highest BCUT2D eigenvalue weighted by Gasteiger charge is 2.38. The Morgan fingerprint density at radius 1 is 1.10 bits per heavy atom. The molecule has 1 fully saturated rings. The predicted octanol–water partition coefficient (Wildman–Crippen LogP) is 3.24. The lowest BCUT2D eigenvalue weighted by Crippen LogP contribution is -2.50. The Morgan fingerprint density at radius 3 is 2.59 bits per heavy atom. The second kappa shape index (κ2) is 7.96. The number of hydrogen-bond donors (Lipinski definition) is 1. The third-order valence-electron chi connectivity index (χ3n) is 5.31. The Balaban J connectivity index is 1.63. The number of aromatic nitrogens is 2. The number of hydrogen-bond acceptors (Lipinski definition) is 4. The number of benzene rings is 2. The molecule has 1 aliphatic rings. The van der Waals surface area contributed by atoms with Gasteiger partial charge in [-0.05, 0) is 44.0 Å². The largest absolute Gasteiger partial charge is 0.310 e. The van der Waals surface area contributed by atoms with Crippen molar-refractivity contribution in [3.63, 3.8) is 0 Å². The quantitative estimate of drug-likeness (QED) is 0.697. The molecule has 1 aliphatic heterocycles. The van der Waals surface area contributed by atoms with Crippen molar-refractivity contribution >= 4 is 32.9 Å². The summed E-state index contributed by atoms with van der Waals surface area (Å²) in [6, 6.07) is 15.2. The Hall–Kier alpha value is -2.71. The SMILES string of the molecule is CCn1c(NC(=O)C2CCCCN2S(=O)(=O)c2ccccc2)nc2ccccc21. The zero-order valence-electron chi connectivity index (χ0n) is 16.3. The van der Waals surface area contributed by atoms with Crippen molar-refractivity contribution in [2.75, 3.05) is 11.9 Å². The maximum absolute atomic E-state index is 13.1. The van der Waals surface area contributed by atoms with E-state index in [9.17, 15) is 13.2 Å². The average molecular weight is 413 g/mol. The third-order valence-corrected chi connectivity index (χ3v) is 7.23. The van der Waals surface area contributed by atoms with Gasteiger partial charge in [0, 0.05) is 13.1 Å². The first kappa shape index (κ1) is 19.6. The Kier molecular flexibility index (Phi) is 5.38. The number of nitrogens with one attached hydrogen (secondary N) is 1. The summed E-state index contributed by atoms with van der Waals surface area (Å²) in [6.45, 7) is 2.96. The van der Waals surface area contributed by atoms with Crippen molar-refractivity contribution < 1.29 is 13.2 Å². The van der Waals surface area contributed by atoms with Crippen LogP contribution in [0, 0.1) is 0 Å². The summed E-state index contributed by atoms with van der Waals surface area (Å²) in [7, 11) is -3.74. The van der Waals surface area contributed by atoms with Gasteiger partial charge in [-0.25, -0.2) is 13.4 Å². The van der Waals surface area contributed by atoms with Gasteiger partial charge in [0.05, 0.1) is 15.9 Å². The normalized spacial score (nSPS) is 18.0. The number of nitrogens with zero attached hydrogens (tertiary/aromatic N) is 3. The van der Waals surface area contributed by atoms with E-state index >= 15 is 0 Å². The zero-order chi connectivity index (χ0) is 20.4. The summed E-state index contributed by atoms with van der Waals surface area (Å²) in [4.78, 5) is 17.9. The molecule has 1 aromatic heterocycles. The van der Waals surface area contributed by atoms with Gasteiger partial charge in [0.1, 0.15) is 6.04 Å². The standard InChI is InChI=1S/C21H24N4O3S/c1-2-24-18-13-7-6-12-17(18)22-21(24)23-20(26)19-14-8-9-15-25(19)29(27,28)16-10-4-3-5-11-16/h3-7,10-13,19H,2,8-9,14-15H2,1H3,(H,22,23,26). The second-order valence-electron chi connectivity index (χ2n) is 7.10. The molecule has 0 radical (unpaired) electrons. The summed E-state index contributed by atoms with van der Waals surface area (Å²) in [5, 5.41) is 2.88. The van der Waals surface area contributed by atoms with Gasteiger partial charge in [-0.15, -0.1) is 0 Å². The van der Waals surface area contributed by atoms with Crippen LogP contribution in [-0.4, -0.2) is 40.8 Å². The molecule has 4 rings (SSSR count). The highest BCUT2D eigenvalue weighted by Crippen LogP contribution is 2.27. The number of anilines is 1. The van der Waals surface area contributed by atoms with Crippen molar-refractivity contribution in [2.24, 2.45) is 0 Å². The first-order valence-electron chi connectivity index (χ1n) is 9.85. The molecule has 1 N–H and O–H groups in total. The van der Waals surface area contributed by atoms with E-state index in [4.69, 9.17) is 0 Å². The number of carbonyl (C=O) groups is 1. The minimum absolute atomic E-state index is 0.209. The fraction of sp³-hybridized carbons (Fsp3) is 0.333. The molecule has 2 heterocycles. The van der Waals surface area contributed by atoms with Crippen molar-refractivity contribution in [3.8, 4) is 0 Å². The van der Waals surface area contributed by atoms with Crippen molar-refractivity contribution in [3.05, 3.63) is 54.6 Å². The summed E-state index contributed by atoms with van der Waals surface area (Å²) >= 11 is 0. The number of fused-ring (bicyclic) bond motifs is 1. The number of piperidine rings is 1. The van der Waals surface area contributed by atoms with Gasteiger partial charge < -0.3 is 4.57 Å². The molecule has 29 heavy (non-hydrogen) atoms. The molecule has 0 bridgehead atoms. The first-order chi connectivity index (χ1) is 14.0. The molecule has 2 aromatic carbocycles. The lowest BCUT2D eigenvalue weighted by molar-refractivity contribution is -0.120. The fourth-order valence-electron chi connectivity index (χ4n) is 3.87. The van der Waals surface area contributed by atoms with E-state index in [2.05, 4.69) is 10.3 Å². The summed E-state index contributed by atoms with van der Waals surface area (Å²) < 4.78 is 29.5. The van der Waals surface area contributed by atoms with E-state index in [0.29, 0.717) is 25.5 Å². The lowest BCUT2D eigenvalue weighted by Gasteiger charge is -2.33. The molecule has 1 unspecified atom stereocenters. The molecule has 8 heteroatoms. The molecule has 1 amide bonds. The average Bonchev–Trinajstić information content (AvgIpc) is 3.11. The third kappa shape index (κ3) is 3.65. The summed E-state index contributed by atoms with van der Waals surface area (Å²) in [5.41, 5.74) is 1.73.